The lowest BCUT2D eigenvalue weighted by Gasteiger charge is -2.38. The average Bonchev–Trinajstić information content (AvgIpc) is 3.37. The Morgan fingerprint density at radius 1 is 0.971 bits per heavy atom. The monoisotopic (exact) mass is 488 g/mol. The van der Waals surface area contributed by atoms with Crippen LogP contribution >= 0.6 is 11.6 Å². The van der Waals surface area contributed by atoms with Gasteiger partial charge in [0, 0.05) is 24.7 Å². The zero-order valence-electron chi connectivity index (χ0n) is 20.7. The van der Waals surface area contributed by atoms with Gasteiger partial charge >= 0.3 is 0 Å². The molecule has 1 saturated heterocycles. The lowest BCUT2D eigenvalue weighted by molar-refractivity contribution is 0.114. The molecule has 182 valence electrons. The molecule has 0 radical (unpaired) electrons. The molecule has 0 bridgehead atoms. The molecule has 5 heteroatoms. The number of methoxy groups -OCH3 is 1. The molecule has 0 amide bonds. The Hall–Kier alpha value is -3.00. The molecule has 1 atom stereocenters. The van der Waals surface area contributed by atoms with Crippen LogP contribution in [0.25, 0.3) is 0 Å². The van der Waals surface area contributed by atoms with Gasteiger partial charge in [-0.15, -0.1) is 0 Å². The standard InChI is InChI=1S/C30H33ClN2O2/c1-29(2,33-19-16-26(21-33)35-25-14-15-27(31)28(20-25)34-3)17-18-30(22-32,23-10-6-4-7-11-23)24-12-8-5-9-13-24/h4-15,20,26H,16-19,21H2,1-3H3/t26-/m1/s1. The summed E-state index contributed by atoms with van der Waals surface area (Å²) in [5.41, 5.74) is 1.32. The molecule has 3 aromatic carbocycles. The van der Waals surface area contributed by atoms with Crippen LogP contribution in [0.3, 0.4) is 0 Å². The first-order valence-corrected chi connectivity index (χ1v) is 12.5. The number of hydrogen-bond donors (Lipinski definition) is 0. The molecule has 0 aromatic heterocycles. The third-order valence-corrected chi connectivity index (χ3v) is 7.57. The van der Waals surface area contributed by atoms with Crippen LogP contribution in [0.1, 0.15) is 44.2 Å². The van der Waals surface area contributed by atoms with Gasteiger partial charge in [0.25, 0.3) is 0 Å². The minimum absolute atomic E-state index is 0.0819. The van der Waals surface area contributed by atoms with E-state index in [1.54, 1.807) is 13.2 Å². The number of halogens is 1. The number of nitriles is 1. The highest BCUT2D eigenvalue weighted by Gasteiger charge is 2.40. The number of nitrogens with zero attached hydrogens (tertiary/aromatic N) is 2. The third-order valence-electron chi connectivity index (χ3n) is 7.26. The quantitative estimate of drug-likeness (QED) is 0.329. The highest BCUT2D eigenvalue weighted by molar-refractivity contribution is 6.32. The topological polar surface area (TPSA) is 45.5 Å². The van der Waals surface area contributed by atoms with Crippen LogP contribution in [0.2, 0.25) is 5.02 Å². The van der Waals surface area contributed by atoms with E-state index in [0.717, 1.165) is 49.2 Å². The fourth-order valence-electron chi connectivity index (χ4n) is 5.02. The summed E-state index contributed by atoms with van der Waals surface area (Å²) in [4.78, 5) is 2.49. The molecule has 0 unspecified atom stereocenters. The van der Waals surface area contributed by atoms with Gasteiger partial charge in [-0.3, -0.25) is 4.90 Å². The molecule has 1 aliphatic rings. The van der Waals surface area contributed by atoms with E-state index in [4.69, 9.17) is 21.1 Å². The highest BCUT2D eigenvalue weighted by Crippen LogP contribution is 2.40. The van der Waals surface area contributed by atoms with Crippen molar-refractivity contribution in [1.29, 1.82) is 5.26 Å². The van der Waals surface area contributed by atoms with Gasteiger partial charge in [-0.25, -0.2) is 0 Å². The summed E-state index contributed by atoms with van der Waals surface area (Å²) in [5.74, 6) is 1.39. The molecule has 0 spiro atoms. The largest absolute Gasteiger partial charge is 0.495 e. The molecule has 35 heavy (non-hydrogen) atoms. The first-order valence-electron chi connectivity index (χ1n) is 12.2. The van der Waals surface area contributed by atoms with Gasteiger partial charge in [0.05, 0.1) is 18.2 Å². The zero-order chi connectivity index (χ0) is 24.9. The van der Waals surface area contributed by atoms with Gasteiger partial charge in [-0.1, -0.05) is 72.3 Å². The summed E-state index contributed by atoms with van der Waals surface area (Å²) < 4.78 is 11.6. The van der Waals surface area contributed by atoms with Crippen molar-refractivity contribution in [3.63, 3.8) is 0 Å². The van der Waals surface area contributed by atoms with Crippen LogP contribution in [0.15, 0.2) is 78.9 Å². The van der Waals surface area contributed by atoms with Crippen LogP contribution in [-0.2, 0) is 5.41 Å². The predicted molar refractivity (Wildman–Crippen MR) is 141 cm³/mol. The van der Waals surface area contributed by atoms with Crippen molar-refractivity contribution in [3.05, 3.63) is 95.0 Å². The summed E-state index contributed by atoms with van der Waals surface area (Å²) in [7, 11) is 1.61. The molecular weight excluding hydrogens is 456 g/mol. The van der Waals surface area contributed by atoms with Crippen LogP contribution in [-0.4, -0.2) is 36.7 Å². The van der Waals surface area contributed by atoms with Gasteiger partial charge < -0.3 is 9.47 Å². The second-order valence-corrected chi connectivity index (χ2v) is 10.2. The first kappa shape index (κ1) is 25.1. The molecule has 1 heterocycles. The SMILES string of the molecule is COc1cc(O[C@@H]2CCN(C(C)(C)CCC(C#N)(c3ccccc3)c3ccccc3)C2)ccc1Cl. The third kappa shape index (κ3) is 5.48. The number of benzene rings is 3. The van der Waals surface area contributed by atoms with E-state index in [0.29, 0.717) is 10.8 Å². The van der Waals surface area contributed by atoms with Gasteiger partial charge in [-0.05, 0) is 56.4 Å². The molecule has 3 aromatic rings. The normalized spacial score (nSPS) is 16.6. The van der Waals surface area contributed by atoms with E-state index in [1.807, 2.05) is 48.5 Å². The van der Waals surface area contributed by atoms with E-state index in [-0.39, 0.29) is 11.6 Å². The second kappa shape index (κ2) is 10.7. The van der Waals surface area contributed by atoms with Crippen LogP contribution in [0, 0.1) is 11.3 Å². The lowest BCUT2D eigenvalue weighted by atomic mass is 9.70. The molecule has 4 rings (SSSR count). The molecule has 4 nitrogen and oxygen atoms in total. The maximum Gasteiger partial charge on any atom is 0.141 e. The van der Waals surface area contributed by atoms with Crippen molar-refractivity contribution in [2.24, 2.45) is 0 Å². The van der Waals surface area contributed by atoms with Crippen LogP contribution in [0.4, 0.5) is 0 Å². The van der Waals surface area contributed by atoms with Crippen LogP contribution < -0.4 is 9.47 Å². The van der Waals surface area contributed by atoms with Gasteiger partial charge in [0.2, 0.25) is 0 Å². The van der Waals surface area contributed by atoms with E-state index in [1.165, 1.54) is 0 Å². The van der Waals surface area contributed by atoms with E-state index >= 15 is 0 Å². The second-order valence-electron chi connectivity index (χ2n) is 9.83. The number of likely N-dealkylation sites (tertiary alicyclic amines) is 1. The van der Waals surface area contributed by atoms with Crippen molar-refractivity contribution < 1.29 is 9.47 Å². The molecule has 1 aliphatic heterocycles. The summed E-state index contributed by atoms with van der Waals surface area (Å²) in [6, 6.07) is 28.6. The number of ether oxygens (including phenoxy) is 2. The van der Waals surface area contributed by atoms with Crippen molar-refractivity contribution in [3.8, 4) is 17.6 Å². The van der Waals surface area contributed by atoms with E-state index < -0.39 is 5.41 Å². The van der Waals surface area contributed by atoms with Gasteiger partial charge in [-0.2, -0.15) is 5.26 Å². The Bertz CT molecular complexity index is 1120. The van der Waals surface area contributed by atoms with E-state index in [9.17, 15) is 5.26 Å². The predicted octanol–water partition coefficient (Wildman–Crippen LogP) is 6.87. The molecular formula is C30H33ClN2O2. The summed E-state index contributed by atoms with van der Waals surface area (Å²) in [6.07, 6.45) is 2.67. The maximum absolute atomic E-state index is 10.5. The van der Waals surface area contributed by atoms with Crippen molar-refractivity contribution in [2.45, 2.75) is 50.2 Å². The Kier molecular flexibility index (Phi) is 7.69. The van der Waals surface area contributed by atoms with Crippen molar-refractivity contribution in [2.75, 3.05) is 20.2 Å². The lowest BCUT2D eigenvalue weighted by Crippen LogP contribution is -2.44. The molecule has 0 N–H and O–H groups in total. The van der Waals surface area contributed by atoms with Crippen molar-refractivity contribution in [1.82, 2.24) is 4.90 Å². The first-order chi connectivity index (χ1) is 16.9. The molecule has 1 fully saturated rings. The van der Waals surface area contributed by atoms with Crippen LogP contribution in [0.5, 0.6) is 11.5 Å². The fraction of sp³-hybridized carbons (Fsp3) is 0.367. The number of rotatable bonds is 9. The minimum Gasteiger partial charge on any atom is -0.495 e. The fourth-order valence-corrected chi connectivity index (χ4v) is 5.21. The molecule has 0 aliphatic carbocycles. The Morgan fingerprint density at radius 2 is 1.60 bits per heavy atom. The number of hydrogen-bond acceptors (Lipinski definition) is 4. The van der Waals surface area contributed by atoms with Gasteiger partial charge in [0.1, 0.15) is 23.0 Å². The Labute approximate surface area is 214 Å². The average molecular weight is 489 g/mol. The highest BCUT2D eigenvalue weighted by atomic mass is 35.5. The summed E-state index contributed by atoms with van der Waals surface area (Å²) in [5, 5.41) is 11.1. The smallest absolute Gasteiger partial charge is 0.141 e. The molecule has 0 saturated carbocycles. The van der Waals surface area contributed by atoms with Gasteiger partial charge in [0.15, 0.2) is 0 Å². The maximum atomic E-state index is 10.5. The summed E-state index contributed by atoms with van der Waals surface area (Å²) in [6.45, 7) is 6.35. The minimum atomic E-state index is -0.685. The Morgan fingerprint density at radius 3 is 2.17 bits per heavy atom. The zero-order valence-corrected chi connectivity index (χ0v) is 21.5. The summed E-state index contributed by atoms with van der Waals surface area (Å²) >= 11 is 6.16. The van der Waals surface area contributed by atoms with E-state index in [2.05, 4.69) is 49.1 Å². The Balaban J connectivity index is 1.48. The van der Waals surface area contributed by atoms with Crippen molar-refractivity contribution >= 4 is 11.6 Å².